The number of nitrogens with two attached hydrogens (primary N) is 1. The smallest absolute Gasteiger partial charge is 0.327 e. The Bertz CT molecular complexity index is 297. The van der Waals surface area contributed by atoms with Crippen molar-refractivity contribution in [3.63, 3.8) is 0 Å². The summed E-state index contributed by atoms with van der Waals surface area (Å²) in [7, 11) is 0. The number of hydrogen-bond acceptors (Lipinski definition) is 5. The van der Waals surface area contributed by atoms with Crippen LogP contribution in [-0.2, 0) is 14.4 Å². The first kappa shape index (κ1) is 15.7. The number of hydrogen-bond donors (Lipinski definition) is 4. The van der Waals surface area contributed by atoms with E-state index in [4.69, 9.17) is 15.9 Å². The summed E-state index contributed by atoms with van der Waals surface area (Å²) in [6.45, 7) is 0. The van der Waals surface area contributed by atoms with E-state index in [9.17, 15) is 14.4 Å². The van der Waals surface area contributed by atoms with E-state index < -0.39 is 29.9 Å². The molecular weight excluding hydrogens is 248 g/mol. The topological polar surface area (TPSA) is 130 Å². The van der Waals surface area contributed by atoms with Crippen molar-refractivity contribution in [3.8, 4) is 0 Å². The number of nitrogens with one attached hydrogen (secondary N) is 1. The summed E-state index contributed by atoms with van der Waals surface area (Å²) in [6, 6.07) is -2.07. The molecule has 0 fully saturated rings. The molecule has 0 aliphatic carbocycles. The SMILES string of the molecule is CSCC(NC(=O)CCC(N)C(=O)O)C(=O)O. The summed E-state index contributed by atoms with van der Waals surface area (Å²) >= 11 is 1.29. The Morgan fingerprint density at radius 1 is 1.29 bits per heavy atom. The first-order valence-electron chi connectivity index (χ1n) is 4.88. The molecule has 0 saturated heterocycles. The summed E-state index contributed by atoms with van der Waals surface area (Å²) < 4.78 is 0. The molecule has 0 spiro atoms. The summed E-state index contributed by atoms with van der Waals surface area (Å²) in [6.07, 6.45) is 1.60. The van der Waals surface area contributed by atoms with Crippen molar-refractivity contribution in [2.75, 3.05) is 12.0 Å². The van der Waals surface area contributed by atoms with Gasteiger partial charge < -0.3 is 21.3 Å². The van der Waals surface area contributed by atoms with Crippen LogP contribution in [0.1, 0.15) is 12.8 Å². The zero-order valence-electron chi connectivity index (χ0n) is 9.38. The van der Waals surface area contributed by atoms with Crippen LogP contribution in [0.25, 0.3) is 0 Å². The Morgan fingerprint density at radius 3 is 2.29 bits per heavy atom. The number of thioether (sulfide) groups is 1. The average Bonchev–Trinajstić information content (AvgIpc) is 2.24. The van der Waals surface area contributed by atoms with E-state index in [0.29, 0.717) is 0 Å². The second-order valence-corrected chi connectivity index (χ2v) is 4.31. The average molecular weight is 264 g/mol. The number of rotatable bonds is 8. The zero-order chi connectivity index (χ0) is 13.4. The molecule has 0 aromatic carbocycles. The molecule has 2 unspecified atom stereocenters. The molecule has 0 bridgehead atoms. The van der Waals surface area contributed by atoms with Gasteiger partial charge in [0.1, 0.15) is 12.1 Å². The molecule has 5 N–H and O–H groups in total. The molecule has 98 valence electrons. The molecule has 0 aromatic rings. The summed E-state index contributed by atoms with van der Waals surface area (Å²) in [5.41, 5.74) is 5.21. The molecule has 0 saturated carbocycles. The van der Waals surface area contributed by atoms with Crippen molar-refractivity contribution in [3.05, 3.63) is 0 Å². The molecule has 0 rings (SSSR count). The molecule has 7 nitrogen and oxygen atoms in total. The van der Waals surface area contributed by atoms with Crippen LogP contribution in [0.4, 0.5) is 0 Å². The molecule has 2 atom stereocenters. The molecule has 8 heteroatoms. The van der Waals surface area contributed by atoms with Gasteiger partial charge in [-0.25, -0.2) is 4.79 Å². The van der Waals surface area contributed by atoms with Gasteiger partial charge in [0.05, 0.1) is 0 Å². The number of carboxylic acids is 2. The van der Waals surface area contributed by atoms with Crippen LogP contribution in [0.5, 0.6) is 0 Å². The number of aliphatic carboxylic acids is 2. The highest BCUT2D eigenvalue weighted by atomic mass is 32.2. The Morgan fingerprint density at radius 2 is 1.88 bits per heavy atom. The van der Waals surface area contributed by atoms with Crippen molar-refractivity contribution in [2.45, 2.75) is 24.9 Å². The van der Waals surface area contributed by atoms with E-state index in [-0.39, 0.29) is 18.6 Å². The Kier molecular flexibility index (Phi) is 7.31. The van der Waals surface area contributed by atoms with Gasteiger partial charge in [0, 0.05) is 12.2 Å². The fraction of sp³-hybridized carbons (Fsp3) is 0.667. The molecule has 0 heterocycles. The van der Waals surface area contributed by atoms with Crippen molar-refractivity contribution in [2.24, 2.45) is 5.73 Å². The van der Waals surface area contributed by atoms with Gasteiger partial charge >= 0.3 is 11.9 Å². The lowest BCUT2D eigenvalue weighted by molar-refractivity contribution is -0.141. The normalized spacial score (nSPS) is 13.8. The molecule has 1 amide bonds. The highest BCUT2D eigenvalue weighted by Crippen LogP contribution is 2.00. The number of carboxylic acid groups (broad SMARTS) is 2. The third kappa shape index (κ3) is 6.80. The van der Waals surface area contributed by atoms with E-state index >= 15 is 0 Å². The Hall–Kier alpha value is -1.28. The summed E-state index contributed by atoms with van der Waals surface area (Å²) in [4.78, 5) is 32.4. The second-order valence-electron chi connectivity index (χ2n) is 3.40. The minimum atomic E-state index is -1.18. The summed E-state index contributed by atoms with van der Waals surface area (Å²) in [5.74, 6) is -2.55. The maximum absolute atomic E-state index is 11.3. The maximum Gasteiger partial charge on any atom is 0.327 e. The zero-order valence-corrected chi connectivity index (χ0v) is 10.2. The lowest BCUT2D eigenvalue weighted by Gasteiger charge is -2.13. The van der Waals surface area contributed by atoms with Crippen LogP contribution >= 0.6 is 11.8 Å². The number of amides is 1. The van der Waals surface area contributed by atoms with E-state index in [1.807, 2.05) is 0 Å². The minimum absolute atomic E-state index is 0.0211. The predicted molar refractivity (Wildman–Crippen MR) is 62.8 cm³/mol. The first-order valence-corrected chi connectivity index (χ1v) is 6.27. The highest BCUT2D eigenvalue weighted by molar-refractivity contribution is 7.98. The van der Waals surface area contributed by atoms with E-state index in [2.05, 4.69) is 5.32 Å². The molecule has 0 aliphatic rings. The van der Waals surface area contributed by atoms with Crippen LogP contribution in [0, 0.1) is 0 Å². The summed E-state index contributed by atoms with van der Waals surface area (Å²) in [5, 5.41) is 19.6. The van der Waals surface area contributed by atoms with Gasteiger partial charge in [-0.1, -0.05) is 0 Å². The van der Waals surface area contributed by atoms with Crippen molar-refractivity contribution in [1.29, 1.82) is 0 Å². The largest absolute Gasteiger partial charge is 0.480 e. The lowest BCUT2D eigenvalue weighted by atomic mass is 10.1. The van der Waals surface area contributed by atoms with Crippen LogP contribution < -0.4 is 11.1 Å². The van der Waals surface area contributed by atoms with Crippen molar-refractivity contribution < 1.29 is 24.6 Å². The third-order valence-corrected chi connectivity index (χ3v) is 2.63. The third-order valence-electron chi connectivity index (χ3n) is 1.97. The van der Waals surface area contributed by atoms with Crippen LogP contribution in [-0.4, -0.2) is 52.2 Å². The number of carbonyl (C=O) groups is 3. The Labute approximate surface area is 103 Å². The van der Waals surface area contributed by atoms with Crippen molar-refractivity contribution >= 4 is 29.6 Å². The predicted octanol–water partition coefficient (Wildman–Crippen LogP) is -0.889. The molecular formula is C9H16N2O5S. The van der Waals surface area contributed by atoms with Gasteiger partial charge in [-0.05, 0) is 12.7 Å². The Balaban J connectivity index is 4.06. The lowest BCUT2D eigenvalue weighted by Crippen LogP contribution is -2.43. The molecule has 0 radical (unpaired) electrons. The molecule has 17 heavy (non-hydrogen) atoms. The van der Waals surface area contributed by atoms with Gasteiger partial charge in [0.2, 0.25) is 5.91 Å². The fourth-order valence-corrected chi connectivity index (χ4v) is 1.58. The van der Waals surface area contributed by atoms with Gasteiger partial charge in [0.25, 0.3) is 0 Å². The van der Waals surface area contributed by atoms with Gasteiger partial charge in [0.15, 0.2) is 0 Å². The van der Waals surface area contributed by atoms with E-state index in [1.54, 1.807) is 6.26 Å². The fourth-order valence-electron chi connectivity index (χ4n) is 1.02. The van der Waals surface area contributed by atoms with Gasteiger partial charge in [-0.2, -0.15) is 11.8 Å². The van der Waals surface area contributed by atoms with E-state index in [0.717, 1.165) is 0 Å². The van der Waals surface area contributed by atoms with Gasteiger partial charge in [-0.15, -0.1) is 0 Å². The maximum atomic E-state index is 11.3. The number of carbonyl (C=O) groups excluding carboxylic acids is 1. The molecule has 0 aliphatic heterocycles. The monoisotopic (exact) mass is 264 g/mol. The van der Waals surface area contributed by atoms with Crippen LogP contribution in [0.2, 0.25) is 0 Å². The van der Waals surface area contributed by atoms with E-state index in [1.165, 1.54) is 11.8 Å². The first-order chi connectivity index (χ1) is 7.88. The van der Waals surface area contributed by atoms with Gasteiger partial charge in [-0.3, -0.25) is 9.59 Å². The highest BCUT2D eigenvalue weighted by Gasteiger charge is 2.20. The second kappa shape index (κ2) is 7.91. The van der Waals surface area contributed by atoms with Crippen LogP contribution in [0.3, 0.4) is 0 Å². The quantitative estimate of drug-likeness (QED) is 0.447. The van der Waals surface area contributed by atoms with Crippen molar-refractivity contribution in [1.82, 2.24) is 5.32 Å². The minimum Gasteiger partial charge on any atom is -0.480 e. The standard InChI is InChI=1S/C9H16N2O5S/c1-17-4-6(9(15)16)11-7(12)3-2-5(10)8(13)14/h5-6H,2-4,10H2,1H3,(H,11,12)(H,13,14)(H,15,16). The molecule has 0 aromatic heterocycles. The van der Waals surface area contributed by atoms with Crippen LogP contribution in [0.15, 0.2) is 0 Å².